The van der Waals surface area contributed by atoms with Crippen molar-refractivity contribution in [2.75, 3.05) is 13.1 Å². The van der Waals surface area contributed by atoms with Crippen molar-refractivity contribution in [1.29, 1.82) is 0 Å². The SMILES string of the molecule is Cc1cccc(C2(F)CNC2)c1.Cl. The summed E-state index contributed by atoms with van der Waals surface area (Å²) in [6.45, 7) is 2.89. The molecule has 1 heterocycles. The number of aryl methyl sites for hydroxylation is 1. The summed E-state index contributed by atoms with van der Waals surface area (Å²) in [4.78, 5) is 0. The second-order valence-electron chi connectivity index (χ2n) is 3.44. The van der Waals surface area contributed by atoms with Gasteiger partial charge >= 0.3 is 0 Å². The minimum atomic E-state index is -1.11. The van der Waals surface area contributed by atoms with E-state index in [1.807, 2.05) is 31.2 Å². The summed E-state index contributed by atoms with van der Waals surface area (Å²) in [5.74, 6) is 0. The van der Waals surface area contributed by atoms with Crippen LogP contribution in [-0.2, 0) is 5.67 Å². The minimum Gasteiger partial charge on any atom is -0.310 e. The largest absolute Gasteiger partial charge is 0.310 e. The molecule has 1 N–H and O–H groups in total. The molecule has 0 bridgehead atoms. The highest BCUT2D eigenvalue weighted by Crippen LogP contribution is 2.30. The highest BCUT2D eigenvalue weighted by molar-refractivity contribution is 5.85. The molecule has 1 saturated heterocycles. The first-order chi connectivity index (χ1) is 5.71. The van der Waals surface area contributed by atoms with Crippen molar-refractivity contribution in [2.45, 2.75) is 12.6 Å². The summed E-state index contributed by atoms with van der Waals surface area (Å²) in [7, 11) is 0. The Balaban J connectivity index is 0.000000845. The molecule has 0 radical (unpaired) electrons. The summed E-state index contributed by atoms with van der Waals surface area (Å²) < 4.78 is 13.8. The second-order valence-corrected chi connectivity index (χ2v) is 3.44. The molecule has 1 aromatic carbocycles. The van der Waals surface area contributed by atoms with Crippen LogP contribution in [0.5, 0.6) is 0 Å². The molecule has 1 aromatic rings. The van der Waals surface area contributed by atoms with E-state index in [4.69, 9.17) is 0 Å². The van der Waals surface area contributed by atoms with Crippen molar-refractivity contribution < 1.29 is 4.39 Å². The van der Waals surface area contributed by atoms with E-state index in [9.17, 15) is 4.39 Å². The van der Waals surface area contributed by atoms with Gasteiger partial charge in [0.05, 0.1) is 0 Å². The average Bonchev–Trinajstić information content (AvgIpc) is 2.00. The predicted octanol–water partition coefficient (Wildman–Crippen LogP) is 2.18. The van der Waals surface area contributed by atoms with Gasteiger partial charge in [-0.25, -0.2) is 4.39 Å². The van der Waals surface area contributed by atoms with Gasteiger partial charge in [-0.2, -0.15) is 0 Å². The van der Waals surface area contributed by atoms with Crippen LogP contribution in [-0.4, -0.2) is 13.1 Å². The van der Waals surface area contributed by atoms with E-state index < -0.39 is 5.67 Å². The molecule has 3 heteroatoms. The number of alkyl halides is 1. The first kappa shape index (κ1) is 10.5. The van der Waals surface area contributed by atoms with Crippen molar-refractivity contribution >= 4 is 12.4 Å². The fourth-order valence-electron chi connectivity index (χ4n) is 1.47. The number of rotatable bonds is 1. The van der Waals surface area contributed by atoms with Crippen LogP contribution < -0.4 is 5.32 Å². The van der Waals surface area contributed by atoms with Gasteiger partial charge in [-0.3, -0.25) is 0 Å². The fraction of sp³-hybridized carbons (Fsp3) is 0.400. The van der Waals surface area contributed by atoms with Crippen molar-refractivity contribution in [3.63, 3.8) is 0 Å². The maximum Gasteiger partial charge on any atom is 0.160 e. The lowest BCUT2D eigenvalue weighted by atomic mass is 9.89. The highest BCUT2D eigenvalue weighted by Gasteiger charge is 2.38. The molecule has 2 rings (SSSR count). The van der Waals surface area contributed by atoms with Gasteiger partial charge < -0.3 is 5.32 Å². The lowest BCUT2D eigenvalue weighted by Crippen LogP contribution is -2.53. The first-order valence-corrected chi connectivity index (χ1v) is 4.17. The molecule has 0 unspecified atom stereocenters. The van der Waals surface area contributed by atoms with Gasteiger partial charge in [0.2, 0.25) is 0 Å². The Hall–Kier alpha value is -0.600. The number of benzene rings is 1. The molecule has 1 aliphatic rings. The molecular weight excluding hydrogens is 189 g/mol. The summed E-state index contributed by atoms with van der Waals surface area (Å²) in [6.07, 6.45) is 0. The Morgan fingerprint density at radius 2 is 2.08 bits per heavy atom. The van der Waals surface area contributed by atoms with Gasteiger partial charge in [0.15, 0.2) is 5.67 Å². The average molecular weight is 202 g/mol. The van der Waals surface area contributed by atoms with Gasteiger partial charge in [-0.1, -0.05) is 29.8 Å². The van der Waals surface area contributed by atoms with Crippen molar-refractivity contribution in [3.05, 3.63) is 35.4 Å². The van der Waals surface area contributed by atoms with Crippen molar-refractivity contribution in [3.8, 4) is 0 Å². The molecule has 1 nitrogen and oxygen atoms in total. The lowest BCUT2D eigenvalue weighted by molar-refractivity contribution is 0.0891. The summed E-state index contributed by atoms with van der Waals surface area (Å²) in [5, 5.41) is 2.94. The van der Waals surface area contributed by atoms with Crippen LogP contribution >= 0.6 is 12.4 Å². The van der Waals surface area contributed by atoms with Crippen LogP contribution in [0.3, 0.4) is 0 Å². The molecule has 0 aliphatic carbocycles. The molecule has 1 fully saturated rings. The van der Waals surface area contributed by atoms with Gasteiger partial charge in [0.1, 0.15) is 0 Å². The number of nitrogens with one attached hydrogen (secondary N) is 1. The standard InChI is InChI=1S/C10H12FN.ClH/c1-8-3-2-4-9(5-8)10(11)6-12-7-10;/h2-5,12H,6-7H2,1H3;1H. The van der Waals surface area contributed by atoms with Gasteiger partial charge in [0, 0.05) is 13.1 Å². The van der Waals surface area contributed by atoms with Crippen LogP contribution in [0.4, 0.5) is 4.39 Å². The molecule has 13 heavy (non-hydrogen) atoms. The molecule has 0 saturated carbocycles. The van der Waals surface area contributed by atoms with E-state index in [2.05, 4.69) is 5.32 Å². The summed E-state index contributed by atoms with van der Waals surface area (Å²) >= 11 is 0. The number of hydrogen-bond donors (Lipinski definition) is 1. The Morgan fingerprint density at radius 3 is 2.54 bits per heavy atom. The van der Waals surface area contributed by atoms with E-state index in [0.717, 1.165) is 11.1 Å². The Bertz CT molecular complexity index is 297. The highest BCUT2D eigenvalue weighted by atomic mass is 35.5. The third-order valence-corrected chi connectivity index (χ3v) is 2.35. The van der Waals surface area contributed by atoms with Crippen LogP contribution in [0.2, 0.25) is 0 Å². The second kappa shape index (κ2) is 3.64. The van der Waals surface area contributed by atoms with E-state index in [-0.39, 0.29) is 12.4 Å². The molecule has 0 amide bonds. The summed E-state index contributed by atoms with van der Waals surface area (Å²) in [5.41, 5.74) is 0.823. The van der Waals surface area contributed by atoms with Crippen molar-refractivity contribution in [1.82, 2.24) is 5.32 Å². The maximum absolute atomic E-state index is 13.8. The molecule has 0 aromatic heterocycles. The molecule has 72 valence electrons. The van der Waals surface area contributed by atoms with Crippen LogP contribution in [0.25, 0.3) is 0 Å². The molecule has 0 spiro atoms. The van der Waals surface area contributed by atoms with Gasteiger partial charge in [0.25, 0.3) is 0 Å². The monoisotopic (exact) mass is 201 g/mol. The van der Waals surface area contributed by atoms with Crippen LogP contribution in [0, 0.1) is 6.92 Å². The smallest absolute Gasteiger partial charge is 0.160 e. The molecule has 0 atom stereocenters. The predicted molar refractivity (Wildman–Crippen MR) is 54.1 cm³/mol. The van der Waals surface area contributed by atoms with E-state index in [1.54, 1.807) is 0 Å². The topological polar surface area (TPSA) is 12.0 Å². The molecule has 1 aliphatic heterocycles. The van der Waals surface area contributed by atoms with E-state index >= 15 is 0 Å². The molecular formula is C10H13ClFN. The lowest BCUT2D eigenvalue weighted by Gasteiger charge is -2.35. The normalized spacial score (nSPS) is 18.6. The summed E-state index contributed by atoms with van der Waals surface area (Å²) in [6, 6.07) is 7.66. The van der Waals surface area contributed by atoms with Crippen LogP contribution in [0.1, 0.15) is 11.1 Å². The Kier molecular flexibility index (Phi) is 2.94. The van der Waals surface area contributed by atoms with E-state index in [1.165, 1.54) is 0 Å². The fourth-order valence-corrected chi connectivity index (χ4v) is 1.47. The number of hydrogen-bond acceptors (Lipinski definition) is 1. The first-order valence-electron chi connectivity index (χ1n) is 4.17. The zero-order valence-corrected chi connectivity index (χ0v) is 8.33. The third-order valence-electron chi connectivity index (χ3n) is 2.35. The van der Waals surface area contributed by atoms with Crippen LogP contribution in [0.15, 0.2) is 24.3 Å². The Labute approximate surface area is 83.8 Å². The zero-order valence-electron chi connectivity index (χ0n) is 7.51. The zero-order chi connectivity index (χ0) is 8.60. The van der Waals surface area contributed by atoms with Gasteiger partial charge in [-0.05, 0) is 12.5 Å². The van der Waals surface area contributed by atoms with Gasteiger partial charge in [-0.15, -0.1) is 12.4 Å². The number of halogens is 2. The quantitative estimate of drug-likeness (QED) is 0.735. The van der Waals surface area contributed by atoms with E-state index in [0.29, 0.717) is 13.1 Å². The maximum atomic E-state index is 13.8. The minimum absolute atomic E-state index is 0. The third kappa shape index (κ3) is 1.84. The van der Waals surface area contributed by atoms with Crippen molar-refractivity contribution in [2.24, 2.45) is 0 Å². The Morgan fingerprint density at radius 1 is 1.38 bits per heavy atom.